The van der Waals surface area contributed by atoms with Crippen LogP contribution in [0.2, 0.25) is 0 Å². The molecule has 2 aliphatic rings. The number of benzene rings is 2. The van der Waals surface area contributed by atoms with Gasteiger partial charge in [0.1, 0.15) is 12.4 Å². The third-order valence-corrected chi connectivity index (χ3v) is 7.28. The minimum atomic E-state index is -1.86. The Kier molecular flexibility index (Phi) is 4.91. The van der Waals surface area contributed by atoms with Crippen LogP contribution in [0.3, 0.4) is 0 Å². The number of esters is 1. The van der Waals surface area contributed by atoms with Gasteiger partial charge in [-0.1, -0.05) is 30.7 Å². The molecule has 0 saturated heterocycles. The molecule has 4 heterocycles. The Morgan fingerprint density at radius 3 is 2.67 bits per heavy atom. The molecule has 0 unspecified atom stereocenters. The van der Waals surface area contributed by atoms with Crippen molar-refractivity contribution >= 4 is 22.6 Å². The summed E-state index contributed by atoms with van der Waals surface area (Å²) in [6, 6.07) is 15.3. The maximum atomic E-state index is 13.3. The topological polar surface area (TPSA) is 114 Å². The maximum absolute atomic E-state index is 13.3. The predicted octanol–water partition coefficient (Wildman–Crippen LogP) is 3.71. The zero-order chi connectivity index (χ0) is 25.2. The van der Waals surface area contributed by atoms with E-state index in [1.54, 1.807) is 17.6 Å². The predicted molar refractivity (Wildman–Crippen MR) is 135 cm³/mol. The molecular weight excluding hydrogens is 458 g/mol. The van der Waals surface area contributed by atoms with Gasteiger partial charge in [0.05, 0.1) is 29.0 Å². The van der Waals surface area contributed by atoms with Gasteiger partial charge in [0, 0.05) is 34.3 Å². The number of ether oxygens (including phenoxy) is 1. The summed E-state index contributed by atoms with van der Waals surface area (Å²) in [6.45, 7) is 4.26. The summed E-state index contributed by atoms with van der Waals surface area (Å²) in [4.78, 5) is 30.4. The van der Waals surface area contributed by atoms with Gasteiger partial charge in [-0.15, -0.1) is 0 Å². The van der Waals surface area contributed by atoms with E-state index in [9.17, 15) is 19.8 Å². The molecule has 0 radical (unpaired) electrons. The number of fused-ring (bicyclic) bond motifs is 5. The van der Waals surface area contributed by atoms with Crippen LogP contribution >= 0.6 is 0 Å². The first-order valence-corrected chi connectivity index (χ1v) is 11.9. The number of carbonyl (C=O) groups excluding carboxylic acids is 1. The highest BCUT2D eigenvalue weighted by molar-refractivity contribution is 5.90. The van der Waals surface area contributed by atoms with Gasteiger partial charge in [0.15, 0.2) is 5.60 Å². The third-order valence-electron chi connectivity index (χ3n) is 7.28. The van der Waals surface area contributed by atoms with E-state index in [1.807, 2.05) is 49.4 Å². The summed E-state index contributed by atoms with van der Waals surface area (Å²) in [5.41, 5.74) is 3.79. The summed E-state index contributed by atoms with van der Waals surface area (Å²) in [5.74, 6) is -0.604. The number of nitrogens with zero attached hydrogens (tertiary/aromatic N) is 2. The van der Waals surface area contributed by atoms with Crippen molar-refractivity contribution in [3.63, 3.8) is 0 Å². The lowest BCUT2D eigenvalue weighted by Gasteiger charge is -2.31. The Morgan fingerprint density at radius 1 is 1.14 bits per heavy atom. The average molecular weight is 484 g/mol. The summed E-state index contributed by atoms with van der Waals surface area (Å²) in [6.07, 6.45) is 0.0903. The fraction of sp³-hybridized carbons (Fsp3) is 0.250. The largest absolute Gasteiger partial charge is 0.507 e. The number of carbonyl (C=O) groups is 1. The smallest absolute Gasteiger partial charge is 0.343 e. The van der Waals surface area contributed by atoms with Crippen LogP contribution in [0.5, 0.6) is 5.75 Å². The number of anilines is 1. The van der Waals surface area contributed by atoms with Gasteiger partial charge in [0.25, 0.3) is 5.56 Å². The molecule has 8 nitrogen and oxygen atoms in total. The van der Waals surface area contributed by atoms with Crippen molar-refractivity contribution in [2.24, 2.45) is 0 Å². The summed E-state index contributed by atoms with van der Waals surface area (Å²) in [7, 11) is 0. The van der Waals surface area contributed by atoms with Gasteiger partial charge in [-0.3, -0.25) is 4.79 Å². The number of aromatic hydroxyl groups is 1. The molecule has 0 saturated carbocycles. The van der Waals surface area contributed by atoms with Gasteiger partial charge >= 0.3 is 5.97 Å². The van der Waals surface area contributed by atoms with Crippen LogP contribution in [-0.2, 0) is 34.8 Å². The van der Waals surface area contributed by atoms with Crippen molar-refractivity contribution in [3.05, 3.63) is 86.7 Å². The van der Waals surface area contributed by atoms with E-state index in [0.717, 1.165) is 16.8 Å². The fourth-order valence-electron chi connectivity index (χ4n) is 5.09. The van der Waals surface area contributed by atoms with E-state index in [1.165, 1.54) is 5.56 Å². The highest BCUT2D eigenvalue weighted by Gasteiger charge is 2.45. The molecule has 1 atom stereocenters. The molecule has 3 N–H and O–H groups in total. The number of cyclic esters (lactones) is 1. The number of phenolic OH excluding ortho intramolecular Hbond substituents is 1. The van der Waals surface area contributed by atoms with Crippen molar-refractivity contribution in [1.82, 2.24) is 9.55 Å². The average Bonchev–Trinajstić information content (AvgIpc) is 3.24. The lowest BCUT2D eigenvalue weighted by Crippen LogP contribution is -2.44. The second kappa shape index (κ2) is 7.93. The van der Waals surface area contributed by atoms with E-state index in [0.29, 0.717) is 28.8 Å². The molecule has 4 aromatic rings. The first-order chi connectivity index (χ1) is 17.3. The lowest BCUT2D eigenvalue weighted by molar-refractivity contribution is -0.172. The number of hydrogen-bond acceptors (Lipinski definition) is 7. The molecule has 6 rings (SSSR count). The van der Waals surface area contributed by atoms with Gasteiger partial charge in [-0.25, -0.2) is 9.78 Å². The lowest BCUT2D eigenvalue weighted by atomic mass is 9.86. The number of aryl methyl sites for hydroxylation is 1. The van der Waals surface area contributed by atoms with Crippen molar-refractivity contribution in [1.29, 1.82) is 0 Å². The number of hydrogen-bond donors (Lipinski definition) is 3. The van der Waals surface area contributed by atoms with Crippen LogP contribution in [0.15, 0.2) is 53.3 Å². The Balaban J connectivity index is 1.41. The second-order valence-electron chi connectivity index (χ2n) is 9.46. The zero-order valence-electron chi connectivity index (χ0n) is 20.0. The van der Waals surface area contributed by atoms with Crippen LogP contribution in [-0.4, -0.2) is 25.7 Å². The summed E-state index contributed by atoms with van der Waals surface area (Å²) < 4.78 is 6.71. The Bertz CT molecular complexity index is 1620. The van der Waals surface area contributed by atoms with Gasteiger partial charge in [-0.05, 0) is 43.7 Å². The number of aliphatic hydroxyl groups is 1. The van der Waals surface area contributed by atoms with Crippen LogP contribution in [0.1, 0.15) is 41.2 Å². The monoisotopic (exact) mass is 483 g/mol. The van der Waals surface area contributed by atoms with Crippen molar-refractivity contribution in [2.45, 2.75) is 45.6 Å². The molecule has 2 aromatic carbocycles. The molecular formula is C28H25N3O5. The van der Waals surface area contributed by atoms with E-state index in [2.05, 4.69) is 5.32 Å². The third kappa shape index (κ3) is 3.21. The molecule has 36 heavy (non-hydrogen) atoms. The highest BCUT2D eigenvalue weighted by atomic mass is 16.6. The minimum absolute atomic E-state index is 0.0903. The molecule has 2 aromatic heterocycles. The summed E-state index contributed by atoms with van der Waals surface area (Å²) >= 11 is 0. The molecule has 0 bridgehead atoms. The minimum Gasteiger partial charge on any atom is -0.507 e. The van der Waals surface area contributed by atoms with Crippen LogP contribution in [0.25, 0.3) is 22.3 Å². The standard InChI is InChI=1S/C28H25N3O5/c1-3-28(35)21-11-23-24-17(13-31(23)26(33)20(21)14-36-27(28)34)10-19-22(30-24)9-6-16(25(19)32)12-29-18-7-4-15(2)5-8-18/h4-11,29,32,35H,3,12-14H2,1-2H3/t28-/m0/s1. The fourth-order valence-corrected chi connectivity index (χ4v) is 5.09. The summed E-state index contributed by atoms with van der Waals surface area (Å²) in [5, 5.41) is 26.0. The van der Waals surface area contributed by atoms with E-state index in [4.69, 9.17) is 9.72 Å². The molecule has 0 amide bonds. The van der Waals surface area contributed by atoms with Crippen LogP contribution in [0, 0.1) is 6.92 Å². The van der Waals surface area contributed by atoms with Gasteiger partial charge < -0.3 is 24.8 Å². The van der Waals surface area contributed by atoms with Crippen molar-refractivity contribution < 1.29 is 19.7 Å². The molecule has 0 spiro atoms. The van der Waals surface area contributed by atoms with E-state index in [-0.39, 0.29) is 42.0 Å². The normalized spacial score (nSPS) is 17.9. The highest BCUT2D eigenvalue weighted by Crippen LogP contribution is 2.40. The van der Waals surface area contributed by atoms with Crippen molar-refractivity contribution in [3.8, 4) is 17.1 Å². The van der Waals surface area contributed by atoms with E-state index < -0.39 is 11.6 Å². The van der Waals surface area contributed by atoms with Crippen molar-refractivity contribution in [2.75, 3.05) is 5.32 Å². The number of phenols is 1. The Morgan fingerprint density at radius 2 is 1.92 bits per heavy atom. The first kappa shape index (κ1) is 22.3. The van der Waals surface area contributed by atoms with Crippen LogP contribution < -0.4 is 10.9 Å². The molecule has 0 fully saturated rings. The number of rotatable bonds is 4. The quantitative estimate of drug-likeness (QED) is 0.334. The van der Waals surface area contributed by atoms with Gasteiger partial charge in [0.2, 0.25) is 0 Å². The zero-order valence-corrected chi connectivity index (χ0v) is 20.0. The Hall–Kier alpha value is -4.17. The number of nitrogens with one attached hydrogen (secondary N) is 1. The molecule has 0 aliphatic carbocycles. The molecule has 2 aliphatic heterocycles. The maximum Gasteiger partial charge on any atom is 0.343 e. The first-order valence-electron chi connectivity index (χ1n) is 11.9. The molecule has 182 valence electrons. The SMILES string of the molecule is CC[C@@]1(O)C(=O)OCc2c1cc1n(c2=O)Cc2cc3c(O)c(CNc4ccc(C)cc4)ccc3nc2-1. The second-order valence-corrected chi connectivity index (χ2v) is 9.46. The molecule has 8 heteroatoms. The van der Waals surface area contributed by atoms with E-state index >= 15 is 0 Å². The Labute approximate surface area is 206 Å². The number of aromatic nitrogens is 2. The number of pyridine rings is 2. The van der Waals surface area contributed by atoms with Crippen LogP contribution in [0.4, 0.5) is 5.69 Å². The van der Waals surface area contributed by atoms with Gasteiger partial charge in [-0.2, -0.15) is 0 Å².